The summed E-state index contributed by atoms with van der Waals surface area (Å²) in [7, 11) is 2.65. The summed E-state index contributed by atoms with van der Waals surface area (Å²) in [5, 5.41) is -0.316. The molecule has 0 saturated carbocycles. The zero-order valence-electron chi connectivity index (χ0n) is 14.4. The average Bonchev–Trinajstić information content (AvgIpc) is 2.72. The molecule has 134 valence electrons. The molecule has 1 aliphatic heterocycles. The molecule has 1 aliphatic rings. The lowest BCUT2D eigenvalue weighted by Crippen LogP contribution is -2.21. The van der Waals surface area contributed by atoms with Crippen LogP contribution in [0.4, 0.5) is 0 Å². The van der Waals surface area contributed by atoms with Crippen LogP contribution >= 0.6 is 23.5 Å². The third kappa shape index (κ3) is 3.81. The van der Waals surface area contributed by atoms with Crippen LogP contribution in [0.25, 0.3) is 0 Å². The number of thioether (sulfide) groups is 2. The van der Waals surface area contributed by atoms with Crippen LogP contribution in [0.2, 0.25) is 0 Å². The molecule has 0 amide bonds. The molecule has 0 spiro atoms. The number of ether oxygens (including phenoxy) is 2. The van der Waals surface area contributed by atoms with Crippen LogP contribution in [0.15, 0.2) is 71.1 Å². The number of esters is 2. The standard InChI is InChI=1S/C20H18O4S2/c1-23-18(21)15-16(13-9-5-3-6-10-13)25-20(14-11-7-4-8-12-14)26-17(15)19(22)24-2/h3-12,16,20H,1-2H3. The van der Waals surface area contributed by atoms with Gasteiger partial charge in [-0.05, 0) is 11.1 Å². The molecule has 0 N–H and O–H groups in total. The lowest BCUT2D eigenvalue weighted by atomic mass is 10.0. The monoisotopic (exact) mass is 386 g/mol. The SMILES string of the molecule is COC(=O)C1=C(C(=O)OC)C(c2ccccc2)SC(c2ccccc2)S1. The van der Waals surface area contributed by atoms with Crippen molar-refractivity contribution in [3.8, 4) is 0 Å². The number of rotatable bonds is 4. The number of carbonyl (C=O) groups is 2. The van der Waals surface area contributed by atoms with Gasteiger partial charge in [0.1, 0.15) is 4.91 Å². The fourth-order valence-electron chi connectivity index (χ4n) is 2.70. The quantitative estimate of drug-likeness (QED) is 0.721. The van der Waals surface area contributed by atoms with E-state index in [2.05, 4.69) is 0 Å². The third-order valence-corrected chi connectivity index (χ3v) is 6.97. The summed E-state index contributed by atoms with van der Waals surface area (Å²) in [6, 6.07) is 19.6. The first-order valence-electron chi connectivity index (χ1n) is 7.98. The van der Waals surface area contributed by atoms with Crippen LogP contribution in [0.1, 0.15) is 21.0 Å². The molecule has 2 aromatic carbocycles. The second-order valence-corrected chi connectivity index (χ2v) is 8.14. The summed E-state index contributed by atoms with van der Waals surface area (Å²) in [4.78, 5) is 25.2. The van der Waals surface area contributed by atoms with Gasteiger partial charge in [-0.2, -0.15) is 0 Å². The Kier molecular flexibility index (Phi) is 6.06. The van der Waals surface area contributed by atoms with Crippen molar-refractivity contribution in [3.63, 3.8) is 0 Å². The molecule has 2 aromatic rings. The molecular weight excluding hydrogens is 368 g/mol. The van der Waals surface area contributed by atoms with Crippen LogP contribution in [-0.4, -0.2) is 26.2 Å². The van der Waals surface area contributed by atoms with Gasteiger partial charge in [0, 0.05) is 0 Å². The fraction of sp³-hybridized carbons (Fsp3) is 0.200. The van der Waals surface area contributed by atoms with Crippen molar-refractivity contribution in [2.45, 2.75) is 9.83 Å². The Bertz CT molecular complexity index is 818. The lowest BCUT2D eigenvalue weighted by molar-refractivity contribution is -0.138. The highest BCUT2D eigenvalue weighted by Gasteiger charge is 2.39. The van der Waals surface area contributed by atoms with Crippen LogP contribution in [0.3, 0.4) is 0 Å². The van der Waals surface area contributed by atoms with E-state index in [1.165, 1.54) is 26.0 Å². The minimum absolute atomic E-state index is 0.0380. The number of benzene rings is 2. The van der Waals surface area contributed by atoms with E-state index in [1.54, 1.807) is 11.8 Å². The van der Waals surface area contributed by atoms with Crippen molar-refractivity contribution in [1.82, 2.24) is 0 Å². The summed E-state index contributed by atoms with van der Waals surface area (Å²) in [5.41, 5.74) is 2.36. The molecule has 6 heteroatoms. The van der Waals surface area contributed by atoms with E-state index in [-0.39, 0.29) is 9.83 Å². The Morgan fingerprint density at radius 1 is 0.808 bits per heavy atom. The van der Waals surface area contributed by atoms with Crippen LogP contribution in [0, 0.1) is 0 Å². The van der Waals surface area contributed by atoms with Crippen molar-refractivity contribution >= 4 is 35.5 Å². The van der Waals surface area contributed by atoms with Gasteiger partial charge in [-0.3, -0.25) is 0 Å². The third-order valence-electron chi connectivity index (χ3n) is 3.94. The second-order valence-electron chi connectivity index (χ2n) is 5.51. The predicted octanol–water partition coefficient (Wildman–Crippen LogP) is 4.51. The molecule has 0 radical (unpaired) electrons. The Morgan fingerprint density at radius 3 is 1.88 bits per heavy atom. The van der Waals surface area contributed by atoms with Gasteiger partial charge < -0.3 is 9.47 Å². The Labute approximate surface area is 161 Å². The molecule has 0 aromatic heterocycles. The summed E-state index contributed by atoms with van der Waals surface area (Å²) < 4.78 is 9.89. The molecule has 4 nitrogen and oxygen atoms in total. The Balaban J connectivity index is 2.13. The molecule has 26 heavy (non-hydrogen) atoms. The van der Waals surface area contributed by atoms with E-state index < -0.39 is 11.9 Å². The van der Waals surface area contributed by atoms with Crippen molar-refractivity contribution in [3.05, 3.63) is 82.3 Å². The first-order valence-corrected chi connectivity index (χ1v) is 9.80. The van der Waals surface area contributed by atoms with E-state index >= 15 is 0 Å². The van der Waals surface area contributed by atoms with Gasteiger partial charge in [-0.15, -0.1) is 11.8 Å². The zero-order valence-corrected chi connectivity index (χ0v) is 16.0. The first kappa shape index (κ1) is 18.6. The maximum atomic E-state index is 12.5. The van der Waals surface area contributed by atoms with E-state index in [9.17, 15) is 9.59 Å². The molecule has 0 saturated heterocycles. The molecule has 0 bridgehead atoms. The van der Waals surface area contributed by atoms with Crippen molar-refractivity contribution in [2.24, 2.45) is 0 Å². The minimum Gasteiger partial charge on any atom is -0.466 e. The summed E-state index contributed by atoms with van der Waals surface area (Å²) >= 11 is 2.95. The molecule has 2 unspecified atom stereocenters. The smallest absolute Gasteiger partial charge is 0.344 e. The van der Waals surface area contributed by atoms with Crippen molar-refractivity contribution in [1.29, 1.82) is 0 Å². The highest BCUT2D eigenvalue weighted by molar-refractivity contribution is 8.19. The minimum atomic E-state index is -0.516. The van der Waals surface area contributed by atoms with Gasteiger partial charge in [0.05, 0.1) is 29.6 Å². The second kappa shape index (κ2) is 8.47. The Morgan fingerprint density at radius 2 is 1.35 bits per heavy atom. The number of carbonyl (C=O) groups excluding carboxylic acids is 2. The highest BCUT2D eigenvalue weighted by Crippen LogP contribution is 2.58. The Hall–Kier alpha value is -2.18. The summed E-state index contributed by atoms with van der Waals surface area (Å²) in [6.45, 7) is 0. The summed E-state index contributed by atoms with van der Waals surface area (Å²) in [6.07, 6.45) is 0. The van der Waals surface area contributed by atoms with E-state index in [4.69, 9.17) is 9.47 Å². The average molecular weight is 386 g/mol. The normalized spacial score (nSPS) is 19.8. The van der Waals surface area contributed by atoms with Gasteiger partial charge in [0.25, 0.3) is 0 Å². The van der Waals surface area contributed by atoms with Gasteiger partial charge in [0.2, 0.25) is 0 Å². The number of hydrogen-bond donors (Lipinski definition) is 0. The van der Waals surface area contributed by atoms with E-state index in [1.807, 2.05) is 60.7 Å². The van der Waals surface area contributed by atoms with Crippen molar-refractivity contribution < 1.29 is 19.1 Å². The highest BCUT2D eigenvalue weighted by atomic mass is 32.2. The fourth-order valence-corrected chi connectivity index (χ4v) is 5.86. The lowest BCUT2D eigenvalue weighted by Gasteiger charge is -2.31. The molecule has 1 heterocycles. The van der Waals surface area contributed by atoms with Crippen molar-refractivity contribution in [2.75, 3.05) is 14.2 Å². The molecule has 3 rings (SSSR count). The van der Waals surface area contributed by atoms with Crippen LogP contribution in [0.5, 0.6) is 0 Å². The molecule has 0 aliphatic carbocycles. The maximum absolute atomic E-state index is 12.5. The van der Waals surface area contributed by atoms with Gasteiger partial charge in [-0.1, -0.05) is 72.4 Å². The van der Waals surface area contributed by atoms with E-state index in [0.29, 0.717) is 10.5 Å². The van der Waals surface area contributed by atoms with Gasteiger partial charge >= 0.3 is 11.9 Å². The molecule has 2 atom stereocenters. The molecular formula is C20H18O4S2. The molecule has 0 fully saturated rings. The summed E-state index contributed by atoms with van der Waals surface area (Å²) in [5.74, 6) is -1.02. The predicted molar refractivity (Wildman–Crippen MR) is 105 cm³/mol. The van der Waals surface area contributed by atoms with E-state index in [0.717, 1.165) is 11.1 Å². The number of hydrogen-bond acceptors (Lipinski definition) is 6. The topological polar surface area (TPSA) is 52.6 Å². The maximum Gasteiger partial charge on any atom is 0.344 e. The first-order chi connectivity index (χ1) is 12.7. The van der Waals surface area contributed by atoms with Gasteiger partial charge in [0.15, 0.2) is 0 Å². The van der Waals surface area contributed by atoms with Crippen LogP contribution < -0.4 is 0 Å². The largest absolute Gasteiger partial charge is 0.466 e. The number of methoxy groups -OCH3 is 2. The van der Waals surface area contributed by atoms with Gasteiger partial charge in [-0.25, -0.2) is 9.59 Å². The zero-order chi connectivity index (χ0) is 18.5. The van der Waals surface area contributed by atoms with Crippen LogP contribution in [-0.2, 0) is 19.1 Å².